The number of hydrogen-bond acceptors (Lipinski definition) is 3. The van der Waals surface area contributed by atoms with Crippen LogP contribution in [0.15, 0.2) is 48.4 Å². The van der Waals surface area contributed by atoms with E-state index in [9.17, 15) is 4.39 Å². The number of aliphatic hydroxyl groups excluding tert-OH is 1. The van der Waals surface area contributed by atoms with E-state index in [2.05, 4.69) is 6.58 Å². The zero-order valence-electron chi connectivity index (χ0n) is 11.5. The summed E-state index contributed by atoms with van der Waals surface area (Å²) in [7, 11) is 1.45. The van der Waals surface area contributed by atoms with Gasteiger partial charge in [-0.25, -0.2) is 4.39 Å². The molecule has 104 valence electrons. The molecular weight excluding hydrogens is 257 g/mol. The van der Waals surface area contributed by atoms with Crippen LogP contribution in [0.5, 0.6) is 0 Å². The second-order valence-electron chi connectivity index (χ2n) is 4.05. The SMILES string of the molecule is C=C(/C=C(\CC)C(=CO)OC)c1ccc(C#N)c(F)c1. The minimum atomic E-state index is -0.581. The highest BCUT2D eigenvalue weighted by atomic mass is 19.1. The summed E-state index contributed by atoms with van der Waals surface area (Å²) in [5.74, 6) is -0.245. The Morgan fingerprint density at radius 1 is 1.55 bits per heavy atom. The van der Waals surface area contributed by atoms with Gasteiger partial charge in [0.25, 0.3) is 0 Å². The molecule has 0 heterocycles. The molecule has 20 heavy (non-hydrogen) atoms. The highest BCUT2D eigenvalue weighted by Crippen LogP contribution is 2.23. The van der Waals surface area contributed by atoms with Crippen molar-refractivity contribution >= 4 is 5.57 Å². The highest BCUT2D eigenvalue weighted by molar-refractivity contribution is 5.74. The average Bonchev–Trinajstić information content (AvgIpc) is 2.46. The third-order valence-electron chi connectivity index (χ3n) is 2.84. The maximum absolute atomic E-state index is 13.6. The zero-order chi connectivity index (χ0) is 15.1. The van der Waals surface area contributed by atoms with Gasteiger partial charge < -0.3 is 9.84 Å². The van der Waals surface area contributed by atoms with Crippen LogP contribution in [0.25, 0.3) is 5.57 Å². The Labute approximate surface area is 117 Å². The van der Waals surface area contributed by atoms with E-state index in [4.69, 9.17) is 15.1 Å². The molecule has 0 fully saturated rings. The van der Waals surface area contributed by atoms with Crippen LogP contribution >= 0.6 is 0 Å². The van der Waals surface area contributed by atoms with Crippen LogP contribution in [0.4, 0.5) is 4.39 Å². The number of nitriles is 1. The van der Waals surface area contributed by atoms with Gasteiger partial charge in [0.2, 0.25) is 0 Å². The molecule has 3 nitrogen and oxygen atoms in total. The predicted molar refractivity (Wildman–Crippen MR) is 76.2 cm³/mol. The first-order valence-corrected chi connectivity index (χ1v) is 6.05. The molecular formula is C16H16FNO2. The van der Waals surface area contributed by atoms with Gasteiger partial charge in [-0.05, 0) is 41.3 Å². The topological polar surface area (TPSA) is 53.2 Å². The van der Waals surface area contributed by atoms with Crippen LogP contribution in [0.1, 0.15) is 24.5 Å². The number of halogens is 1. The Balaban J connectivity index is 3.12. The van der Waals surface area contributed by atoms with Crippen LogP contribution in [-0.4, -0.2) is 12.2 Å². The minimum absolute atomic E-state index is 0.00548. The number of benzene rings is 1. The van der Waals surface area contributed by atoms with Crippen molar-refractivity contribution in [1.82, 2.24) is 0 Å². The van der Waals surface area contributed by atoms with Crippen LogP contribution in [0.3, 0.4) is 0 Å². The van der Waals surface area contributed by atoms with Crippen molar-refractivity contribution in [3.63, 3.8) is 0 Å². The first-order chi connectivity index (χ1) is 9.57. The molecule has 0 atom stereocenters. The fraction of sp³-hybridized carbons (Fsp3) is 0.188. The van der Waals surface area contributed by atoms with Crippen molar-refractivity contribution in [3.8, 4) is 6.07 Å². The molecule has 1 N–H and O–H groups in total. The molecule has 0 unspecified atom stereocenters. The van der Waals surface area contributed by atoms with Crippen LogP contribution in [-0.2, 0) is 4.74 Å². The normalized spacial score (nSPS) is 11.9. The molecule has 1 aromatic carbocycles. The third-order valence-corrected chi connectivity index (χ3v) is 2.84. The van der Waals surface area contributed by atoms with E-state index in [-0.39, 0.29) is 5.56 Å². The molecule has 1 aromatic rings. The smallest absolute Gasteiger partial charge is 0.156 e. The van der Waals surface area contributed by atoms with Gasteiger partial charge >= 0.3 is 0 Å². The third kappa shape index (κ3) is 3.48. The van der Waals surface area contributed by atoms with Crippen molar-refractivity contribution < 1.29 is 14.2 Å². The first kappa shape index (κ1) is 15.5. The van der Waals surface area contributed by atoms with E-state index >= 15 is 0 Å². The highest BCUT2D eigenvalue weighted by Gasteiger charge is 2.07. The molecule has 0 aliphatic rings. The molecule has 0 aromatic heterocycles. The summed E-state index contributed by atoms with van der Waals surface area (Å²) in [6.07, 6.45) is 3.21. The monoisotopic (exact) mass is 273 g/mol. The number of hydrogen-bond donors (Lipinski definition) is 1. The van der Waals surface area contributed by atoms with Gasteiger partial charge in [-0.3, -0.25) is 0 Å². The summed E-state index contributed by atoms with van der Waals surface area (Å²) in [5.41, 5.74) is 1.88. The Hall–Kier alpha value is -2.54. The molecule has 0 aliphatic carbocycles. The summed E-state index contributed by atoms with van der Waals surface area (Å²) >= 11 is 0. The lowest BCUT2D eigenvalue weighted by atomic mass is 10.0. The maximum atomic E-state index is 13.6. The van der Waals surface area contributed by atoms with E-state index in [1.807, 2.05) is 6.92 Å². The lowest BCUT2D eigenvalue weighted by Gasteiger charge is -2.09. The largest absolute Gasteiger partial charge is 0.512 e. The molecule has 0 radical (unpaired) electrons. The molecule has 0 spiro atoms. The quantitative estimate of drug-likeness (QED) is 0.649. The number of methoxy groups -OCH3 is 1. The lowest BCUT2D eigenvalue weighted by molar-refractivity contribution is 0.278. The van der Waals surface area contributed by atoms with Gasteiger partial charge in [0.05, 0.1) is 12.7 Å². The number of rotatable bonds is 5. The number of ether oxygens (including phenoxy) is 1. The zero-order valence-corrected chi connectivity index (χ0v) is 11.5. The second kappa shape index (κ2) is 7.15. The molecule has 0 amide bonds. The van der Waals surface area contributed by atoms with Gasteiger partial charge in [0, 0.05) is 0 Å². The standard InChI is InChI=1S/C16H16FNO2/c1-4-12(16(10-19)20-3)7-11(2)13-5-6-14(9-18)15(17)8-13/h5-8,10,19H,2,4H2,1,3H3/b12-7+,16-10?. The van der Waals surface area contributed by atoms with Crippen molar-refractivity contribution in [3.05, 3.63) is 65.4 Å². The second-order valence-corrected chi connectivity index (χ2v) is 4.05. The number of nitrogens with zero attached hydrogens (tertiary/aromatic N) is 1. The molecule has 1 rings (SSSR count). The van der Waals surface area contributed by atoms with E-state index in [1.165, 1.54) is 19.2 Å². The summed E-state index contributed by atoms with van der Waals surface area (Å²) in [5, 5.41) is 17.8. The average molecular weight is 273 g/mol. The van der Waals surface area contributed by atoms with Gasteiger partial charge in [-0.15, -0.1) is 0 Å². The Morgan fingerprint density at radius 3 is 2.70 bits per heavy atom. The fourth-order valence-corrected chi connectivity index (χ4v) is 1.71. The minimum Gasteiger partial charge on any atom is -0.512 e. The number of aliphatic hydroxyl groups is 1. The Bertz CT molecular complexity index is 609. The van der Waals surface area contributed by atoms with Crippen molar-refractivity contribution in [2.24, 2.45) is 0 Å². The first-order valence-electron chi connectivity index (χ1n) is 6.05. The van der Waals surface area contributed by atoms with Crippen molar-refractivity contribution in [1.29, 1.82) is 5.26 Å². The van der Waals surface area contributed by atoms with Gasteiger partial charge in [0.1, 0.15) is 18.1 Å². The maximum Gasteiger partial charge on any atom is 0.156 e. The van der Waals surface area contributed by atoms with Gasteiger partial charge in [0.15, 0.2) is 5.76 Å². The van der Waals surface area contributed by atoms with Crippen molar-refractivity contribution in [2.75, 3.05) is 7.11 Å². The molecule has 0 saturated carbocycles. The Kier molecular flexibility index (Phi) is 5.55. The van der Waals surface area contributed by atoms with Crippen molar-refractivity contribution in [2.45, 2.75) is 13.3 Å². The fourth-order valence-electron chi connectivity index (χ4n) is 1.71. The van der Waals surface area contributed by atoms with Crippen LogP contribution in [0, 0.1) is 17.1 Å². The molecule has 0 saturated heterocycles. The van der Waals surface area contributed by atoms with Crippen LogP contribution < -0.4 is 0 Å². The molecule has 4 heteroatoms. The summed E-state index contributed by atoms with van der Waals surface area (Å²) in [6.45, 7) is 5.77. The Morgan fingerprint density at radius 2 is 2.25 bits per heavy atom. The van der Waals surface area contributed by atoms with E-state index < -0.39 is 5.82 Å². The lowest BCUT2D eigenvalue weighted by Crippen LogP contribution is -1.94. The summed E-state index contributed by atoms with van der Waals surface area (Å²) < 4.78 is 18.6. The van der Waals surface area contributed by atoms with Gasteiger partial charge in [-0.2, -0.15) is 5.26 Å². The summed E-state index contributed by atoms with van der Waals surface area (Å²) in [6, 6.07) is 6.07. The van der Waals surface area contributed by atoms with E-state index in [1.54, 1.807) is 18.2 Å². The predicted octanol–water partition coefficient (Wildman–Crippen LogP) is 4.09. The van der Waals surface area contributed by atoms with E-state index in [0.29, 0.717) is 23.3 Å². The molecule has 0 bridgehead atoms. The van der Waals surface area contributed by atoms with Crippen LogP contribution in [0.2, 0.25) is 0 Å². The van der Waals surface area contributed by atoms with Gasteiger partial charge in [-0.1, -0.05) is 19.6 Å². The number of allylic oxidation sites excluding steroid dienone is 3. The summed E-state index contributed by atoms with van der Waals surface area (Å²) in [4.78, 5) is 0. The molecule has 0 aliphatic heterocycles. The van der Waals surface area contributed by atoms with E-state index in [0.717, 1.165) is 11.8 Å².